The molecule has 0 radical (unpaired) electrons. The van der Waals surface area contributed by atoms with E-state index in [1.807, 2.05) is 0 Å². The Hall–Kier alpha value is -1.14. The maximum absolute atomic E-state index is 11.9. The molecule has 3 N–H and O–H groups in total. The van der Waals surface area contributed by atoms with Crippen LogP contribution in [0.3, 0.4) is 0 Å². The first-order valence-corrected chi connectivity index (χ1v) is 7.71. The third-order valence-corrected chi connectivity index (χ3v) is 4.69. The average Bonchev–Trinajstić information content (AvgIpc) is 2.74. The summed E-state index contributed by atoms with van der Waals surface area (Å²) in [6.45, 7) is 4.65. The zero-order valence-corrected chi connectivity index (χ0v) is 11.9. The van der Waals surface area contributed by atoms with Crippen molar-refractivity contribution in [2.24, 2.45) is 5.73 Å². The Balaban J connectivity index is 2.82. The molecule has 1 aromatic heterocycles. The third-order valence-electron chi connectivity index (χ3n) is 2.08. The van der Waals surface area contributed by atoms with E-state index in [0.717, 1.165) is 0 Å². The van der Waals surface area contributed by atoms with Crippen LogP contribution in [0.4, 0.5) is 5.13 Å². The molecule has 1 heterocycles. The van der Waals surface area contributed by atoms with Crippen LogP contribution in [0.1, 0.15) is 18.7 Å². The number of nitrogens with one attached hydrogen (secondary N) is 1. The molecule has 0 spiro atoms. The van der Waals surface area contributed by atoms with Gasteiger partial charge >= 0.3 is 10.2 Å². The summed E-state index contributed by atoms with van der Waals surface area (Å²) >= 11 is 1.18. The van der Waals surface area contributed by atoms with Crippen LogP contribution >= 0.6 is 11.3 Å². The van der Waals surface area contributed by atoms with Gasteiger partial charge in [0.1, 0.15) is 0 Å². The molecule has 0 aliphatic rings. The van der Waals surface area contributed by atoms with Crippen molar-refractivity contribution in [2.45, 2.75) is 13.8 Å². The smallest absolute Gasteiger partial charge is 0.303 e. The van der Waals surface area contributed by atoms with Crippen LogP contribution < -0.4 is 10.5 Å². The number of hydrogen-bond acceptors (Lipinski definition) is 5. The van der Waals surface area contributed by atoms with E-state index in [-0.39, 0.29) is 6.54 Å². The van der Waals surface area contributed by atoms with Gasteiger partial charge in [-0.3, -0.25) is 0 Å². The maximum atomic E-state index is 11.9. The standard InChI is InChI=1S/C10H16N4O2S2/c1-3-14(4-2)18(15,16)13-10-12-8-9(17-10)6-5-7-11/h8H,3-4,7,11H2,1-2H3,(H,12,13). The average molecular weight is 288 g/mol. The summed E-state index contributed by atoms with van der Waals surface area (Å²) in [6.07, 6.45) is 1.52. The fourth-order valence-electron chi connectivity index (χ4n) is 1.26. The minimum atomic E-state index is -3.52. The van der Waals surface area contributed by atoms with E-state index >= 15 is 0 Å². The molecule has 0 bridgehead atoms. The third kappa shape index (κ3) is 3.96. The SMILES string of the molecule is CCN(CC)S(=O)(=O)Nc1ncc(C#CCN)s1. The summed E-state index contributed by atoms with van der Waals surface area (Å²) in [7, 11) is -3.52. The van der Waals surface area contributed by atoms with Gasteiger partial charge in [0.2, 0.25) is 0 Å². The Morgan fingerprint density at radius 2 is 2.17 bits per heavy atom. The molecule has 0 saturated carbocycles. The molecule has 0 aliphatic heterocycles. The number of nitrogens with zero attached hydrogens (tertiary/aromatic N) is 2. The van der Waals surface area contributed by atoms with Crippen LogP contribution in [-0.4, -0.2) is 37.3 Å². The van der Waals surface area contributed by atoms with Crippen LogP contribution in [0.2, 0.25) is 0 Å². The second kappa shape index (κ2) is 6.70. The summed E-state index contributed by atoms with van der Waals surface area (Å²) in [5.74, 6) is 5.49. The van der Waals surface area contributed by atoms with Crippen molar-refractivity contribution in [3.8, 4) is 11.8 Å². The minimum Gasteiger partial charge on any atom is -0.320 e. The van der Waals surface area contributed by atoms with Gasteiger partial charge < -0.3 is 5.73 Å². The molecule has 0 aromatic carbocycles. The molecule has 0 fully saturated rings. The maximum Gasteiger partial charge on any atom is 0.303 e. The largest absolute Gasteiger partial charge is 0.320 e. The highest BCUT2D eigenvalue weighted by molar-refractivity contribution is 7.90. The van der Waals surface area contributed by atoms with E-state index in [4.69, 9.17) is 5.73 Å². The number of hydrogen-bond donors (Lipinski definition) is 2. The summed E-state index contributed by atoms with van der Waals surface area (Å²) in [6, 6.07) is 0. The highest BCUT2D eigenvalue weighted by Crippen LogP contribution is 2.19. The van der Waals surface area contributed by atoms with Crippen LogP contribution in [0.15, 0.2) is 6.20 Å². The van der Waals surface area contributed by atoms with Crippen LogP contribution in [0.5, 0.6) is 0 Å². The van der Waals surface area contributed by atoms with Crippen molar-refractivity contribution in [1.29, 1.82) is 0 Å². The van der Waals surface area contributed by atoms with Crippen molar-refractivity contribution in [3.05, 3.63) is 11.1 Å². The van der Waals surface area contributed by atoms with Gasteiger partial charge in [-0.15, -0.1) is 0 Å². The fraction of sp³-hybridized carbons (Fsp3) is 0.500. The van der Waals surface area contributed by atoms with Crippen molar-refractivity contribution in [1.82, 2.24) is 9.29 Å². The number of nitrogens with two attached hydrogens (primary N) is 1. The summed E-state index contributed by atoms with van der Waals surface area (Å²) in [4.78, 5) is 4.64. The number of thiazole rings is 1. The van der Waals surface area contributed by atoms with Gasteiger partial charge in [-0.1, -0.05) is 37.0 Å². The van der Waals surface area contributed by atoms with E-state index in [2.05, 4.69) is 21.5 Å². The zero-order valence-electron chi connectivity index (χ0n) is 10.3. The predicted octanol–water partition coefficient (Wildman–Crippen LogP) is 0.452. The zero-order chi connectivity index (χ0) is 13.6. The van der Waals surface area contributed by atoms with Crippen LogP contribution in [0, 0.1) is 11.8 Å². The molecular formula is C10H16N4O2S2. The van der Waals surface area contributed by atoms with Gasteiger partial charge in [0, 0.05) is 13.1 Å². The summed E-state index contributed by atoms with van der Waals surface area (Å²) in [5.41, 5.74) is 5.25. The van der Waals surface area contributed by atoms with Crippen molar-refractivity contribution in [2.75, 3.05) is 24.4 Å². The monoisotopic (exact) mass is 288 g/mol. The van der Waals surface area contributed by atoms with E-state index in [1.165, 1.54) is 21.8 Å². The molecule has 8 heteroatoms. The fourth-order valence-corrected chi connectivity index (χ4v) is 3.36. The molecule has 0 aliphatic carbocycles. The second-order valence-corrected chi connectivity index (χ2v) is 5.93. The highest BCUT2D eigenvalue weighted by Gasteiger charge is 2.19. The van der Waals surface area contributed by atoms with E-state index < -0.39 is 10.2 Å². The minimum absolute atomic E-state index is 0.262. The molecule has 0 atom stereocenters. The first kappa shape index (κ1) is 14.9. The summed E-state index contributed by atoms with van der Waals surface area (Å²) < 4.78 is 27.6. The Kier molecular flexibility index (Phi) is 5.55. The molecular weight excluding hydrogens is 272 g/mol. The van der Waals surface area contributed by atoms with E-state index in [9.17, 15) is 8.42 Å². The van der Waals surface area contributed by atoms with Gasteiger partial charge in [-0.05, 0) is 0 Å². The lowest BCUT2D eigenvalue weighted by Gasteiger charge is -2.17. The number of aromatic nitrogens is 1. The van der Waals surface area contributed by atoms with Gasteiger partial charge in [-0.2, -0.15) is 12.7 Å². The predicted molar refractivity (Wildman–Crippen MR) is 73.5 cm³/mol. The first-order valence-electron chi connectivity index (χ1n) is 5.46. The second-order valence-electron chi connectivity index (χ2n) is 3.23. The lowest BCUT2D eigenvalue weighted by atomic mass is 10.5. The van der Waals surface area contributed by atoms with Crippen molar-refractivity contribution < 1.29 is 8.42 Å². The van der Waals surface area contributed by atoms with E-state index in [1.54, 1.807) is 13.8 Å². The molecule has 0 amide bonds. The normalized spacial score (nSPS) is 11.1. The van der Waals surface area contributed by atoms with Crippen molar-refractivity contribution in [3.63, 3.8) is 0 Å². The molecule has 1 aromatic rings. The molecule has 6 nitrogen and oxygen atoms in total. The Morgan fingerprint density at radius 1 is 1.50 bits per heavy atom. The van der Waals surface area contributed by atoms with E-state index in [0.29, 0.717) is 23.1 Å². The van der Waals surface area contributed by atoms with Gasteiger partial charge in [-0.25, -0.2) is 9.71 Å². The quantitative estimate of drug-likeness (QED) is 0.770. The highest BCUT2D eigenvalue weighted by atomic mass is 32.2. The van der Waals surface area contributed by atoms with Gasteiger partial charge in [0.15, 0.2) is 5.13 Å². The van der Waals surface area contributed by atoms with Crippen LogP contribution in [-0.2, 0) is 10.2 Å². The van der Waals surface area contributed by atoms with Gasteiger partial charge in [0.25, 0.3) is 0 Å². The first-order chi connectivity index (χ1) is 8.53. The van der Waals surface area contributed by atoms with Gasteiger partial charge in [0.05, 0.1) is 17.6 Å². The molecule has 1 rings (SSSR count). The topological polar surface area (TPSA) is 88.3 Å². The molecule has 0 unspecified atom stereocenters. The number of rotatable bonds is 5. The molecule has 18 heavy (non-hydrogen) atoms. The lowest BCUT2D eigenvalue weighted by Crippen LogP contribution is -2.35. The lowest BCUT2D eigenvalue weighted by molar-refractivity contribution is 0.449. The molecule has 100 valence electrons. The Morgan fingerprint density at radius 3 is 2.72 bits per heavy atom. The molecule has 0 saturated heterocycles. The van der Waals surface area contributed by atoms with Crippen LogP contribution in [0.25, 0.3) is 0 Å². The Bertz CT molecular complexity index is 538. The van der Waals surface area contributed by atoms with Crippen molar-refractivity contribution >= 4 is 26.7 Å². The summed E-state index contributed by atoms with van der Waals surface area (Å²) in [5, 5.41) is 0.309. The number of anilines is 1. The Labute approximate surface area is 111 Å².